The summed E-state index contributed by atoms with van der Waals surface area (Å²) in [5.41, 5.74) is 3.68. The van der Waals surface area contributed by atoms with Crippen molar-refractivity contribution < 1.29 is 8.42 Å². The Morgan fingerprint density at radius 3 is 2.03 bits per heavy atom. The van der Waals surface area contributed by atoms with Crippen LogP contribution in [0.25, 0.3) is 0 Å². The molecule has 30 heavy (non-hydrogen) atoms. The van der Waals surface area contributed by atoms with Crippen molar-refractivity contribution >= 4 is 40.0 Å². The Morgan fingerprint density at radius 2 is 1.53 bits per heavy atom. The highest BCUT2D eigenvalue weighted by Gasteiger charge is 2.12. The number of nitrogens with two attached hydrogens (primary N) is 1. The van der Waals surface area contributed by atoms with Gasteiger partial charge in [-0.3, -0.25) is 0 Å². The minimum Gasteiger partial charge on any atom is -0.357 e. The third kappa shape index (κ3) is 8.61. The third-order valence-electron chi connectivity index (χ3n) is 4.54. The number of hydrogen-bond donors (Lipinski definition) is 3. The molecule has 8 heteroatoms. The smallest absolute Gasteiger partial charge is 0.238 e. The first-order valence-electron chi connectivity index (χ1n) is 9.83. The van der Waals surface area contributed by atoms with Crippen LogP contribution in [0.4, 0.5) is 0 Å². The molecular weight excluding hydrogens is 511 g/mol. The summed E-state index contributed by atoms with van der Waals surface area (Å²) in [7, 11) is -3.67. The fraction of sp³-hybridized carbons (Fsp3) is 0.409. The van der Waals surface area contributed by atoms with Gasteiger partial charge in [0.1, 0.15) is 0 Å². The Hall–Kier alpha value is -1.65. The molecule has 0 saturated heterocycles. The van der Waals surface area contributed by atoms with Crippen LogP contribution in [-0.4, -0.2) is 27.5 Å². The van der Waals surface area contributed by atoms with Gasteiger partial charge >= 0.3 is 0 Å². The van der Waals surface area contributed by atoms with Crippen LogP contribution in [0.5, 0.6) is 0 Å². The van der Waals surface area contributed by atoms with Gasteiger partial charge in [0.05, 0.1) is 11.4 Å². The molecule has 0 amide bonds. The van der Waals surface area contributed by atoms with Gasteiger partial charge < -0.3 is 10.6 Å². The van der Waals surface area contributed by atoms with E-state index in [2.05, 4.69) is 60.7 Å². The molecule has 0 aliphatic carbocycles. The number of benzene rings is 2. The van der Waals surface area contributed by atoms with Crippen molar-refractivity contribution in [2.24, 2.45) is 10.1 Å². The quantitative estimate of drug-likeness (QED) is 0.282. The molecule has 0 saturated carbocycles. The molecule has 0 aromatic heterocycles. The van der Waals surface area contributed by atoms with Crippen molar-refractivity contribution in [3.63, 3.8) is 0 Å². The molecule has 6 nitrogen and oxygen atoms in total. The molecule has 166 valence electrons. The van der Waals surface area contributed by atoms with E-state index in [0.29, 0.717) is 6.54 Å². The van der Waals surface area contributed by atoms with Crippen molar-refractivity contribution in [2.45, 2.75) is 51.0 Å². The minimum absolute atomic E-state index is 0. The van der Waals surface area contributed by atoms with Gasteiger partial charge in [0, 0.05) is 13.1 Å². The number of rotatable bonds is 7. The predicted octanol–water partition coefficient (Wildman–Crippen LogP) is 3.55. The van der Waals surface area contributed by atoms with Crippen LogP contribution in [0, 0.1) is 0 Å². The van der Waals surface area contributed by atoms with E-state index < -0.39 is 10.0 Å². The lowest BCUT2D eigenvalue weighted by molar-refractivity contribution is 0.590. The average molecular weight is 545 g/mol. The summed E-state index contributed by atoms with van der Waals surface area (Å²) in [5, 5.41) is 11.7. The lowest BCUT2D eigenvalue weighted by Gasteiger charge is -2.19. The average Bonchev–Trinajstić information content (AvgIpc) is 2.65. The Kier molecular flexibility index (Phi) is 10.3. The first-order chi connectivity index (χ1) is 13.6. The fourth-order valence-electron chi connectivity index (χ4n) is 2.79. The van der Waals surface area contributed by atoms with Gasteiger partial charge in [-0.15, -0.1) is 24.0 Å². The summed E-state index contributed by atoms with van der Waals surface area (Å²) in [6.45, 7) is 10.6. The molecule has 0 atom stereocenters. The van der Waals surface area contributed by atoms with Crippen LogP contribution in [0.2, 0.25) is 0 Å². The zero-order valence-electron chi connectivity index (χ0n) is 18.1. The molecule has 0 fully saturated rings. The number of sulfonamides is 1. The number of guanidine groups is 1. The second-order valence-corrected chi connectivity index (χ2v) is 9.57. The van der Waals surface area contributed by atoms with Gasteiger partial charge in [-0.1, -0.05) is 57.2 Å². The van der Waals surface area contributed by atoms with E-state index in [1.807, 2.05) is 6.92 Å². The molecule has 2 aromatic rings. The number of hydrogen-bond acceptors (Lipinski definition) is 3. The van der Waals surface area contributed by atoms with Gasteiger partial charge in [0.15, 0.2) is 5.96 Å². The van der Waals surface area contributed by atoms with Gasteiger partial charge in [-0.05, 0) is 47.6 Å². The SMILES string of the molecule is CCNC(=NCc1ccc(S(N)(=O)=O)cc1)NCCc1ccc(C(C)(C)C)cc1.I. The standard InChI is InChI=1S/C22H32N4O2S.HI/c1-5-24-21(26-16-18-8-12-20(13-9-18)29(23,27)28)25-15-14-17-6-10-19(11-7-17)22(2,3)4;/h6-13H,5,14-16H2,1-4H3,(H2,23,27,28)(H2,24,25,26);1H. The Balaban J connectivity index is 0.00000450. The van der Waals surface area contributed by atoms with Crippen LogP contribution in [0.3, 0.4) is 0 Å². The lowest BCUT2D eigenvalue weighted by Crippen LogP contribution is -2.38. The molecule has 0 unspecified atom stereocenters. The van der Waals surface area contributed by atoms with E-state index in [1.165, 1.54) is 23.3 Å². The summed E-state index contributed by atoms with van der Waals surface area (Å²) < 4.78 is 22.7. The normalized spacial score (nSPS) is 12.2. The molecule has 0 heterocycles. The lowest BCUT2D eigenvalue weighted by atomic mass is 9.86. The second-order valence-electron chi connectivity index (χ2n) is 8.01. The molecule has 0 radical (unpaired) electrons. The molecule has 4 N–H and O–H groups in total. The van der Waals surface area contributed by atoms with Crippen LogP contribution in [-0.2, 0) is 28.4 Å². The highest BCUT2D eigenvalue weighted by molar-refractivity contribution is 14.0. The zero-order chi connectivity index (χ0) is 21.5. The largest absolute Gasteiger partial charge is 0.357 e. The molecular formula is C22H33IN4O2S. The Morgan fingerprint density at radius 1 is 0.967 bits per heavy atom. The highest BCUT2D eigenvalue weighted by atomic mass is 127. The van der Waals surface area contributed by atoms with Crippen LogP contribution < -0.4 is 15.8 Å². The molecule has 0 bridgehead atoms. The van der Waals surface area contributed by atoms with E-state index in [-0.39, 0.29) is 34.3 Å². The van der Waals surface area contributed by atoms with Crippen molar-refractivity contribution in [2.75, 3.05) is 13.1 Å². The fourth-order valence-corrected chi connectivity index (χ4v) is 3.31. The van der Waals surface area contributed by atoms with Gasteiger partial charge in [-0.2, -0.15) is 0 Å². The number of nitrogens with zero attached hydrogens (tertiary/aromatic N) is 1. The van der Waals surface area contributed by atoms with Gasteiger partial charge in [0.25, 0.3) is 0 Å². The maximum Gasteiger partial charge on any atom is 0.238 e. The van der Waals surface area contributed by atoms with Crippen LogP contribution in [0.1, 0.15) is 44.4 Å². The summed E-state index contributed by atoms with van der Waals surface area (Å²) in [6, 6.07) is 15.2. The maximum absolute atomic E-state index is 11.3. The van der Waals surface area contributed by atoms with Crippen LogP contribution in [0.15, 0.2) is 58.4 Å². The Labute approximate surface area is 197 Å². The van der Waals surface area contributed by atoms with Crippen molar-refractivity contribution in [1.29, 1.82) is 0 Å². The first kappa shape index (κ1) is 26.4. The third-order valence-corrected chi connectivity index (χ3v) is 5.47. The second kappa shape index (κ2) is 11.7. The van der Waals surface area contributed by atoms with E-state index >= 15 is 0 Å². The summed E-state index contributed by atoms with van der Waals surface area (Å²) in [4.78, 5) is 4.67. The van der Waals surface area contributed by atoms with E-state index in [4.69, 9.17) is 5.14 Å². The topological polar surface area (TPSA) is 96.6 Å². The molecule has 0 spiro atoms. The summed E-state index contributed by atoms with van der Waals surface area (Å²) in [5.74, 6) is 0.731. The number of primary sulfonamides is 1. The first-order valence-corrected chi connectivity index (χ1v) is 11.4. The summed E-state index contributed by atoms with van der Waals surface area (Å²) in [6.07, 6.45) is 0.901. The monoisotopic (exact) mass is 544 g/mol. The maximum atomic E-state index is 11.3. The van der Waals surface area contributed by atoms with E-state index in [0.717, 1.165) is 31.0 Å². The highest BCUT2D eigenvalue weighted by Crippen LogP contribution is 2.22. The van der Waals surface area contributed by atoms with Gasteiger partial charge in [0.2, 0.25) is 10.0 Å². The van der Waals surface area contributed by atoms with Gasteiger partial charge in [-0.25, -0.2) is 18.5 Å². The molecule has 2 rings (SSSR count). The zero-order valence-corrected chi connectivity index (χ0v) is 21.3. The minimum atomic E-state index is -3.67. The molecule has 0 aliphatic rings. The van der Waals surface area contributed by atoms with Crippen molar-refractivity contribution in [3.8, 4) is 0 Å². The van der Waals surface area contributed by atoms with Crippen molar-refractivity contribution in [3.05, 3.63) is 65.2 Å². The predicted molar refractivity (Wildman–Crippen MR) is 135 cm³/mol. The van der Waals surface area contributed by atoms with E-state index in [9.17, 15) is 8.42 Å². The Bertz CT molecular complexity index is 919. The summed E-state index contributed by atoms with van der Waals surface area (Å²) >= 11 is 0. The molecule has 2 aromatic carbocycles. The van der Waals surface area contributed by atoms with E-state index in [1.54, 1.807) is 12.1 Å². The number of aliphatic imine (C=N–C) groups is 1. The molecule has 0 aliphatic heterocycles. The van der Waals surface area contributed by atoms with Crippen molar-refractivity contribution in [1.82, 2.24) is 10.6 Å². The van der Waals surface area contributed by atoms with Crippen LogP contribution >= 0.6 is 24.0 Å². The number of halogens is 1. The number of nitrogens with one attached hydrogen (secondary N) is 2.